The first kappa shape index (κ1) is 14.4. The van der Waals surface area contributed by atoms with Crippen LogP contribution >= 0.6 is 11.6 Å². The molecule has 1 fully saturated rings. The van der Waals surface area contributed by atoms with Gasteiger partial charge in [-0.25, -0.2) is 9.37 Å². The maximum absolute atomic E-state index is 14.2. The minimum Gasteiger partial charge on any atom is -0.479 e. The van der Waals surface area contributed by atoms with Crippen molar-refractivity contribution in [1.29, 1.82) is 0 Å². The highest BCUT2D eigenvalue weighted by atomic mass is 35.5. The van der Waals surface area contributed by atoms with Gasteiger partial charge in [0.2, 0.25) is 11.2 Å². The summed E-state index contributed by atoms with van der Waals surface area (Å²) in [7, 11) is 1.40. The van der Waals surface area contributed by atoms with Crippen LogP contribution in [0.4, 0.5) is 4.39 Å². The van der Waals surface area contributed by atoms with Crippen molar-refractivity contribution >= 4 is 22.8 Å². The standard InChI is InChI=1S/C11H12ClFN4O4/c1-20-9-6-8(15-11(12)16-9)17(3-14-6)10-5(13)7(19)4(2-18)21-10/h3-5,7,10,18-19H,2H2,1H3/t4-,5+,7-,10?/m1/s1. The second-order valence-corrected chi connectivity index (χ2v) is 4.85. The zero-order chi connectivity index (χ0) is 15.1. The lowest BCUT2D eigenvalue weighted by Crippen LogP contribution is -2.30. The van der Waals surface area contributed by atoms with Crippen LogP contribution in [-0.4, -0.2) is 61.8 Å². The van der Waals surface area contributed by atoms with Gasteiger partial charge in [0.25, 0.3) is 0 Å². The summed E-state index contributed by atoms with van der Waals surface area (Å²) in [5, 5.41) is 18.7. The Balaban J connectivity index is 2.07. The van der Waals surface area contributed by atoms with Crippen molar-refractivity contribution in [3.63, 3.8) is 0 Å². The smallest absolute Gasteiger partial charge is 0.246 e. The number of halogens is 2. The number of alkyl halides is 1. The number of fused-ring (bicyclic) bond motifs is 1. The fraction of sp³-hybridized carbons (Fsp3) is 0.545. The fourth-order valence-corrected chi connectivity index (χ4v) is 2.43. The van der Waals surface area contributed by atoms with Crippen LogP contribution in [-0.2, 0) is 4.74 Å². The van der Waals surface area contributed by atoms with Crippen LogP contribution in [0.3, 0.4) is 0 Å². The number of methoxy groups -OCH3 is 1. The molecule has 10 heteroatoms. The molecule has 3 heterocycles. The Bertz CT molecular complexity index is 669. The van der Waals surface area contributed by atoms with E-state index in [1.165, 1.54) is 18.0 Å². The lowest BCUT2D eigenvalue weighted by atomic mass is 10.1. The molecule has 3 rings (SSSR count). The number of hydrogen-bond donors (Lipinski definition) is 2. The highest BCUT2D eigenvalue weighted by Crippen LogP contribution is 2.34. The number of aliphatic hydroxyl groups excluding tert-OH is 2. The minimum atomic E-state index is -1.74. The van der Waals surface area contributed by atoms with Gasteiger partial charge >= 0.3 is 0 Å². The minimum absolute atomic E-state index is 0.0891. The molecular weight excluding hydrogens is 307 g/mol. The van der Waals surface area contributed by atoms with Crippen molar-refractivity contribution in [1.82, 2.24) is 19.5 Å². The molecule has 0 amide bonds. The first-order chi connectivity index (χ1) is 10.1. The van der Waals surface area contributed by atoms with E-state index < -0.39 is 31.2 Å². The average Bonchev–Trinajstić information content (AvgIpc) is 3.01. The van der Waals surface area contributed by atoms with E-state index in [2.05, 4.69) is 15.0 Å². The van der Waals surface area contributed by atoms with E-state index >= 15 is 0 Å². The third kappa shape index (κ3) is 2.22. The van der Waals surface area contributed by atoms with E-state index in [1.54, 1.807) is 0 Å². The van der Waals surface area contributed by atoms with Crippen molar-refractivity contribution in [2.24, 2.45) is 0 Å². The first-order valence-corrected chi connectivity index (χ1v) is 6.47. The van der Waals surface area contributed by atoms with Gasteiger partial charge in [0, 0.05) is 0 Å². The summed E-state index contributed by atoms with van der Waals surface area (Å²) >= 11 is 5.79. The number of aromatic nitrogens is 4. The fourth-order valence-electron chi connectivity index (χ4n) is 2.27. The molecule has 2 N–H and O–H groups in total. The van der Waals surface area contributed by atoms with Crippen molar-refractivity contribution in [3.8, 4) is 5.88 Å². The van der Waals surface area contributed by atoms with Crippen molar-refractivity contribution < 1.29 is 24.1 Å². The van der Waals surface area contributed by atoms with Crippen LogP contribution in [0.5, 0.6) is 5.88 Å². The Morgan fingerprint density at radius 1 is 1.52 bits per heavy atom. The molecule has 21 heavy (non-hydrogen) atoms. The van der Waals surface area contributed by atoms with E-state index in [9.17, 15) is 9.50 Å². The summed E-state index contributed by atoms with van der Waals surface area (Å²) in [6.45, 7) is -0.496. The van der Waals surface area contributed by atoms with Gasteiger partial charge in [-0.3, -0.25) is 4.57 Å². The van der Waals surface area contributed by atoms with E-state index in [1.807, 2.05) is 0 Å². The van der Waals surface area contributed by atoms with E-state index in [4.69, 9.17) is 26.2 Å². The summed E-state index contributed by atoms with van der Waals surface area (Å²) < 4.78 is 25.8. The first-order valence-electron chi connectivity index (χ1n) is 6.09. The SMILES string of the molecule is COc1nc(Cl)nc2c1ncn2C1O[C@H](CO)[C@@H](O)[C@@H]1F. The van der Waals surface area contributed by atoms with Gasteiger partial charge in [-0.15, -0.1) is 0 Å². The second kappa shape index (κ2) is 5.34. The van der Waals surface area contributed by atoms with Crippen molar-refractivity contribution in [2.75, 3.05) is 13.7 Å². The molecule has 0 radical (unpaired) electrons. The van der Waals surface area contributed by atoms with Gasteiger partial charge < -0.3 is 19.7 Å². The van der Waals surface area contributed by atoms with Crippen LogP contribution in [0.1, 0.15) is 6.23 Å². The summed E-state index contributed by atoms with van der Waals surface area (Å²) in [5.41, 5.74) is 0.505. The van der Waals surface area contributed by atoms with E-state index in [-0.39, 0.29) is 16.8 Å². The van der Waals surface area contributed by atoms with E-state index in [0.717, 1.165) is 0 Å². The van der Waals surface area contributed by atoms with Crippen molar-refractivity contribution in [3.05, 3.63) is 11.6 Å². The lowest BCUT2D eigenvalue weighted by Gasteiger charge is -2.15. The van der Waals surface area contributed by atoms with Gasteiger partial charge in [-0.2, -0.15) is 9.97 Å². The number of rotatable bonds is 3. The van der Waals surface area contributed by atoms with Crippen LogP contribution in [0.15, 0.2) is 6.33 Å². The molecule has 0 spiro atoms. The lowest BCUT2D eigenvalue weighted by molar-refractivity contribution is -0.0459. The molecule has 114 valence electrons. The Hall–Kier alpha value is -1.55. The van der Waals surface area contributed by atoms with Gasteiger partial charge in [0.15, 0.2) is 23.6 Å². The zero-order valence-corrected chi connectivity index (χ0v) is 11.6. The molecule has 0 aromatic carbocycles. The zero-order valence-electron chi connectivity index (χ0n) is 10.8. The van der Waals surface area contributed by atoms with Crippen LogP contribution < -0.4 is 4.74 Å². The molecular formula is C11H12ClFN4O4. The predicted molar refractivity (Wildman–Crippen MR) is 68.8 cm³/mol. The normalized spacial score (nSPS) is 29.2. The molecule has 0 bridgehead atoms. The van der Waals surface area contributed by atoms with Gasteiger partial charge in [0.05, 0.1) is 20.0 Å². The molecule has 1 saturated heterocycles. The molecule has 0 aliphatic carbocycles. The molecule has 1 aliphatic heterocycles. The Morgan fingerprint density at radius 3 is 2.90 bits per heavy atom. The molecule has 4 atom stereocenters. The number of ether oxygens (including phenoxy) is 2. The molecule has 2 aromatic heterocycles. The number of hydrogen-bond acceptors (Lipinski definition) is 7. The number of imidazole rings is 1. The Kier molecular flexibility index (Phi) is 3.66. The van der Waals surface area contributed by atoms with Crippen LogP contribution in [0.2, 0.25) is 5.28 Å². The number of aliphatic hydroxyl groups is 2. The van der Waals surface area contributed by atoms with Crippen molar-refractivity contribution in [2.45, 2.75) is 24.6 Å². The highest BCUT2D eigenvalue weighted by molar-refractivity contribution is 6.28. The van der Waals surface area contributed by atoms with E-state index in [0.29, 0.717) is 5.52 Å². The molecule has 1 unspecified atom stereocenters. The maximum atomic E-state index is 14.2. The van der Waals surface area contributed by atoms with Crippen LogP contribution in [0.25, 0.3) is 11.2 Å². The third-order valence-electron chi connectivity index (χ3n) is 3.30. The van der Waals surface area contributed by atoms with Gasteiger partial charge in [-0.05, 0) is 11.6 Å². The molecule has 2 aromatic rings. The van der Waals surface area contributed by atoms with Gasteiger partial charge in [-0.1, -0.05) is 0 Å². The summed E-state index contributed by atoms with van der Waals surface area (Å²) in [4.78, 5) is 11.9. The molecule has 0 saturated carbocycles. The quantitative estimate of drug-likeness (QED) is 0.772. The van der Waals surface area contributed by atoms with Gasteiger partial charge in [0.1, 0.15) is 12.2 Å². The summed E-state index contributed by atoms with van der Waals surface area (Å²) in [6, 6.07) is 0. The Labute approximate surface area is 123 Å². The average molecular weight is 319 g/mol. The maximum Gasteiger partial charge on any atom is 0.246 e. The summed E-state index contributed by atoms with van der Waals surface area (Å²) in [5.74, 6) is 0.149. The predicted octanol–water partition coefficient (Wildman–Crippen LogP) is 0.0770. The summed E-state index contributed by atoms with van der Waals surface area (Å²) in [6.07, 6.45) is -4.06. The molecule has 8 nitrogen and oxygen atoms in total. The largest absolute Gasteiger partial charge is 0.479 e. The molecule has 1 aliphatic rings. The topological polar surface area (TPSA) is 103 Å². The highest BCUT2D eigenvalue weighted by Gasteiger charge is 2.45. The monoisotopic (exact) mass is 318 g/mol. The van der Waals surface area contributed by atoms with Crippen LogP contribution in [0, 0.1) is 0 Å². The Morgan fingerprint density at radius 2 is 2.29 bits per heavy atom. The second-order valence-electron chi connectivity index (χ2n) is 4.51. The number of nitrogens with zero attached hydrogens (tertiary/aromatic N) is 4. The third-order valence-corrected chi connectivity index (χ3v) is 3.47.